The average molecular weight is 311 g/mol. The van der Waals surface area contributed by atoms with Gasteiger partial charge in [-0.1, -0.05) is 6.58 Å². The molecule has 0 aliphatic carbocycles. The third kappa shape index (κ3) is 3.77. The molecule has 0 atom stereocenters. The molecular formula is C18H17NO4. The first-order valence-electron chi connectivity index (χ1n) is 6.91. The van der Waals surface area contributed by atoms with E-state index in [1.165, 1.54) is 19.2 Å². The molecule has 2 aromatic rings. The van der Waals surface area contributed by atoms with E-state index in [1.54, 1.807) is 37.3 Å². The van der Waals surface area contributed by atoms with Gasteiger partial charge in [0.2, 0.25) is 0 Å². The fourth-order valence-corrected chi connectivity index (χ4v) is 1.93. The molecule has 118 valence electrons. The maximum Gasteiger partial charge on any atom is 0.250 e. The van der Waals surface area contributed by atoms with Gasteiger partial charge in [-0.05, 0) is 43.3 Å². The summed E-state index contributed by atoms with van der Waals surface area (Å²) in [7, 11) is 1.48. The molecule has 2 rings (SSSR count). The predicted molar refractivity (Wildman–Crippen MR) is 88.0 cm³/mol. The lowest BCUT2D eigenvalue weighted by molar-refractivity contribution is -0.112. The van der Waals surface area contributed by atoms with Crippen molar-refractivity contribution < 1.29 is 19.4 Å². The molecule has 2 aromatic carbocycles. The van der Waals surface area contributed by atoms with E-state index >= 15 is 0 Å². The standard InChI is InChI=1S/C18H17NO4/c1-11(2)18(22)19-13-6-4-12(5-7-13)17(21)15-9-8-14(23-3)10-16(15)20/h4-10,20H,1H2,2-3H3,(H,19,22). The van der Waals surface area contributed by atoms with E-state index in [2.05, 4.69) is 11.9 Å². The predicted octanol–water partition coefficient (Wildman–Crippen LogP) is 3.15. The molecule has 0 aliphatic rings. The third-order valence-electron chi connectivity index (χ3n) is 3.24. The monoisotopic (exact) mass is 311 g/mol. The number of phenols is 1. The maximum absolute atomic E-state index is 12.4. The number of nitrogens with one attached hydrogen (secondary N) is 1. The molecule has 0 heterocycles. The number of hydrogen-bond donors (Lipinski definition) is 2. The number of amides is 1. The number of methoxy groups -OCH3 is 1. The second-order valence-electron chi connectivity index (χ2n) is 5.02. The molecule has 0 saturated heterocycles. The van der Waals surface area contributed by atoms with Crippen LogP contribution in [-0.4, -0.2) is 23.9 Å². The van der Waals surface area contributed by atoms with Crippen molar-refractivity contribution in [2.24, 2.45) is 0 Å². The molecule has 2 N–H and O–H groups in total. The average Bonchev–Trinajstić information content (AvgIpc) is 2.54. The Hall–Kier alpha value is -3.08. The lowest BCUT2D eigenvalue weighted by Gasteiger charge is -2.08. The molecule has 1 amide bonds. The van der Waals surface area contributed by atoms with Crippen molar-refractivity contribution >= 4 is 17.4 Å². The van der Waals surface area contributed by atoms with Gasteiger partial charge in [-0.25, -0.2) is 0 Å². The summed E-state index contributed by atoms with van der Waals surface area (Å²) >= 11 is 0. The number of phenolic OH excluding ortho intramolecular Hbond substituents is 1. The van der Waals surface area contributed by atoms with Crippen LogP contribution in [0.4, 0.5) is 5.69 Å². The zero-order chi connectivity index (χ0) is 17.0. The van der Waals surface area contributed by atoms with Gasteiger partial charge in [-0.2, -0.15) is 0 Å². The molecule has 0 fully saturated rings. The number of rotatable bonds is 5. The Morgan fingerprint density at radius 2 is 1.78 bits per heavy atom. The lowest BCUT2D eigenvalue weighted by atomic mass is 10.0. The van der Waals surface area contributed by atoms with E-state index in [0.29, 0.717) is 22.6 Å². The van der Waals surface area contributed by atoms with Crippen LogP contribution in [0.2, 0.25) is 0 Å². The molecule has 0 aliphatic heterocycles. The highest BCUT2D eigenvalue weighted by atomic mass is 16.5. The molecule has 0 saturated carbocycles. The smallest absolute Gasteiger partial charge is 0.250 e. The van der Waals surface area contributed by atoms with Gasteiger partial charge in [-0.3, -0.25) is 9.59 Å². The van der Waals surface area contributed by atoms with E-state index in [1.807, 2.05) is 0 Å². The Bertz CT molecular complexity index is 763. The van der Waals surface area contributed by atoms with Crippen molar-refractivity contribution in [1.82, 2.24) is 0 Å². The first kappa shape index (κ1) is 16.3. The summed E-state index contributed by atoms with van der Waals surface area (Å²) in [4.78, 5) is 23.9. The minimum absolute atomic E-state index is 0.144. The van der Waals surface area contributed by atoms with Gasteiger partial charge in [0.25, 0.3) is 5.91 Å². The van der Waals surface area contributed by atoms with Gasteiger partial charge in [0, 0.05) is 22.9 Å². The highest BCUT2D eigenvalue weighted by Gasteiger charge is 2.14. The van der Waals surface area contributed by atoms with Gasteiger partial charge in [0.1, 0.15) is 11.5 Å². The number of ether oxygens (including phenoxy) is 1. The van der Waals surface area contributed by atoms with Crippen LogP contribution in [0.3, 0.4) is 0 Å². The zero-order valence-electron chi connectivity index (χ0n) is 12.9. The van der Waals surface area contributed by atoms with Crippen molar-refractivity contribution in [3.63, 3.8) is 0 Å². The van der Waals surface area contributed by atoms with Gasteiger partial charge in [0.05, 0.1) is 12.7 Å². The van der Waals surface area contributed by atoms with Gasteiger partial charge >= 0.3 is 0 Å². The number of aromatic hydroxyl groups is 1. The topological polar surface area (TPSA) is 75.6 Å². The summed E-state index contributed by atoms with van der Waals surface area (Å²) in [5, 5.41) is 12.6. The third-order valence-corrected chi connectivity index (χ3v) is 3.24. The molecule has 0 unspecified atom stereocenters. The first-order valence-corrected chi connectivity index (χ1v) is 6.91. The van der Waals surface area contributed by atoms with Gasteiger partial charge < -0.3 is 15.2 Å². The lowest BCUT2D eigenvalue weighted by Crippen LogP contribution is -2.12. The molecule has 5 nitrogen and oxygen atoms in total. The molecule has 5 heteroatoms. The molecule has 0 bridgehead atoms. The second-order valence-corrected chi connectivity index (χ2v) is 5.02. The zero-order valence-corrected chi connectivity index (χ0v) is 12.9. The minimum atomic E-state index is -0.317. The van der Waals surface area contributed by atoms with Crippen molar-refractivity contribution in [3.05, 3.63) is 65.7 Å². The number of anilines is 1. The largest absolute Gasteiger partial charge is 0.507 e. The van der Waals surface area contributed by atoms with Crippen LogP contribution in [0.5, 0.6) is 11.5 Å². The summed E-state index contributed by atoms with van der Waals surface area (Å²) in [5.74, 6) is -0.272. The number of benzene rings is 2. The summed E-state index contributed by atoms with van der Waals surface area (Å²) in [6, 6.07) is 10.9. The van der Waals surface area contributed by atoms with E-state index < -0.39 is 0 Å². The van der Waals surface area contributed by atoms with E-state index in [4.69, 9.17) is 4.74 Å². The summed E-state index contributed by atoms with van der Waals surface area (Å²) < 4.78 is 4.99. The summed E-state index contributed by atoms with van der Waals surface area (Å²) in [6.07, 6.45) is 0. The van der Waals surface area contributed by atoms with Crippen LogP contribution in [0.15, 0.2) is 54.6 Å². The number of carbonyl (C=O) groups excluding carboxylic acids is 2. The molecule has 0 spiro atoms. The fraction of sp³-hybridized carbons (Fsp3) is 0.111. The number of ketones is 1. The summed E-state index contributed by atoms with van der Waals surface area (Å²) in [6.45, 7) is 5.17. The molecule has 0 aromatic heterocycles. The molecule has 0 radical (unpaired) electrons. The van der Waals surface area contributed by atoms with Crippen LogP contribution in [-0.2, 0) is 4.79 Å². The Morgan fingerprint density at radius 3 is 2.30 bits per heavy atom. The highest BCUT2D eigenvalue weighted by Crippen LogP contribution is 2.26. The quantitative estimate of drug-likeness (QED) is 0.657. The van der Waals surface area contributed by atoms with E-state index in [9.17, 15) is 14.7 Å². The second kappa shape index (κ2) is 6.79. The number of hydrogen-bond acceptors (Lipinski definition) is 4. The minimum Gasteiger partial charge on any atom is -0.507 e. The van der Waals surface area contributed by atoms with E-state index in [0.717, 1.165) is 0 Å². The van der Waals surface area contributed by atoms with Crippen LogP contribution in [0.1, 0.15) is 22.8 Å². The van der Waals surface area contributed by atoms with Crippen molar-refractivity contribution in [3.8, 4) is 11.5 Å². The molecule has 23 heavy (non-hydrogen) atoms. The van der Waals surface area contributed by atoms with Crippen molar-refractivity contribution in [2.75, 3.05) is 12.4 Å². The Morgan fingerprint density at radius 1 is 1.13 bits per heavy atom. The Kier molecular flexibility index (Phi) is 4.81. The maximum atomic E-state index is 12.4. The SMILES string of the molecule is C=C(C)C(=O)Nc1ccc(C(=O)c2ccc(OC)cc2O)cc1. The Balaban J connectivity index is 2.20. The van der Waals surface area contributed by atoms with Gasteiger partial charge in [0.15, 0.2) is 5.78 Å². The highest BCUT2D eigenvalue weighted by molar-refractivity contribution is 6.11. The fourth-order valence-electron chi connectivity index (χ4n) is 1.93. The normalized spacial score (nSPS) is 10.0. The number of carbonyl (C=O) groups is 2. The van der Waals surface area contributed by atoms with Crippen molar-refractivity contribution in [2.45, 2.75) is 6.92 Å². The van der Waals surface area contributed by atoms with Crippen LogP contribution < -0.4 is 10.1 Å². The van der Waals surface area contributed by atoms with Crippen LogP contribution in [0.25, 0.3) is 0 Å². The summed E-state index contributed by atoms with van der Waals surface area (Å²) in [5.41, 5.74) is 1.55. The molecular weight excluding hydrogens is 294 g/mol. The van der Waals surface area contributed by atoms with E-state index in [-0.39, 0.29) is 23.0 Å². The van der Waals surface area contributed by atoms with Gasteiger partial charge in [-0.15, -0.1) is 0 Å². The van der Waals surface area contributed by atoms with Crippen LogP contribution in [0, 0.1) is 0 Å². The van der Waals surface area contributed by atoms with Crippen LogP contribution >= 0.6 is 0 Å². The first-order chi connectivity index (χ1) is 10.9. The van der Waals surface area contributed by atoms with Crippen molar-refractivity contribution in [1.29, 1.82) is 0 Å². The Labute approximate surface area is 134 Å².